The zero-order valence-electron chi connectivity index (χ0n) is 10.1. The van der Waals surface area contributed by atoms with Gasteiger partial charge < -0.3 is 5.11 Å². The molecule has 1 aliphatic carbocycles. The van der Waals surface area contributed by atoms with Crippen LogP contribution < -0.4 is 0 Å². The Hall–Kier alpha value is -0.480. The molecular weight excluding hydrogens is 184 g/mol. The van der Waals surface area contributed by atoms with Crippen molar-refractivity contribution < 1.29 is 5.11 Å². The molecule has 0 aromatic rings. The molecule has 1 unspecified atom stereocenters. The summed E-state index contributed by atoms with van der Waals surface area (Å²) in [6.07, 6.45) is 8.00. The first-order chi connectivity index (χ1) is 7.27. The molecule has 86 valence electrons. The maximum Gasteiger partial charge on any atom is 0.0577 e. The molecule has 1 heteroatoms. The van der Waals surface area contributed by atoms with E-state index in [1.165, 1.54) is 32.1 Å². The van der Waals surface area contributed by atoms with E-state index >= 15 is 0 Å². The van der Waals surface area contributed by atoms with Crippen molar-refractivity contribution in [3.63, 3.8) is 0 Å². The summed E-state index contributed by atoms with van der Waals surface area (Å²) in [4.78, 5) is 0. The van der Waals surface area contributed by atoms with E-state index < -0.39 is 0 Å². The second kappa shape index (κ2) is 6.90. The van der Waals surface area contributed by atoms with Crippen molar-refractivity contribution in [2.45, 2.75) is 64.9 Å². The van der Waals surface area contributed by atoms with Crippen molar-refractivity contribution in [3.05, 3.63) is 0 Å². The number of hydrogen-bond donors (Lipinski definition) is 1. The first kappa shape index (κ1) is 12.6. The fourth-order valence-electron chi connectivity index (χ4n) is 2.56. The van der Waals surface area contributed by atoms with E-state index in [9.17, 15) is 5.11 Å². The van der Waals surface area contributed by atoms with E-state index in [0.29, 0.717) is 5.92 Å². The number of aliphatic hydroxyl groups is 1. The molecule has 0 aliphatic heterocycles. The maximum atomic E-state index is 9.99. The molecule has 1 saturated carbocycles. The van der Waals surface area contributed by atoms with Crippen LogP contribution in [-0.2, 0) is 0 Å². The minimum absolute atomic E-state index is 0.108. The second-order valence-electron chi connectivity index (χ2n) is 4.72. The van der Waals surface area contributed by atoms with E-state index in [4.69, 9.17) is 0 Å². The largest absolute Gasteiger partial charge is 0.393 e. The van der Waals surface area contributed by atoms with Crippen LogP contribution in [0.3, 0.4) is 0 Å². The Labute approximate surface area is 94.3 Å². The van der Waals surface area contributed by atoms with Crippen LogP contribution in [0, 0.1) is 23.7 Å². The molecule has 1 N–H and O–H groups in total. The Bertz CT molecular complexity index is 215. The van der Waals surface area contributed by atoms with E-state index in [1.807, 2.05) is 6.92 Å². The summed E-state index contributed by atoms with van der Waals surface area (Å²) in [5.74, 6) is 7.38. The van der Waals surface area contributed by atoms with Crippen LogP contribution in [-0.4, -0.2) is 11.2 Å². The third kappa shape index (κ3) is 4.26. The fraction of sp³-hybridized carbons (Fsp3) is 0.857. The van der Waals surface area contributed by atoms with E-state index in [1.54, 1.807) is 0 Å². The highest BCUT2D eigenvalue weighted by atomic mass is 16.3. The van der Waals surface area contributed by atoms with Gasteiger partial charge in [-0.25, -0.2) is 0 Å². The van der Waals surface area contributed by atoms with Gasteiger partial charge in [0.15, 0.2) is 0 Å². The van der Waals surface area contributed by atoms with E-state index in [-0.39, 0.29) is 6.10 Å². The highest BCUT2D eigenvalue weighted by Crippen LogP contribution is 2.33. The third-order valence-corrected chi connectivity index (χ3v) is 3.75. The summed E-state index contributed by atoms with van der Waals surface area (Å²) in [5, 5.41) is 9.99. The van der Waals surface area contributed by atoms with Gasteiger partial charge >= 0.3 is 0 Å². The molecule has 0 spiro atoms. The number of aliphatic hydroxyl groups excluding tert-OH is 1. The molecule has 0 saturated heterocycles. The molecule has 15 heavy (non-hydrogen) atoms. The van der Waals surface area contributed by atoms with Crippen molar-refractivity contribution >= 4 is 0 Å². The second-order valence-corrected chi connectivity index (χ2v) is 4.72. The van der Waals surface area contributed by atoms with Crippen molar-refractivity contribution in [1.29, 1.82) is 0 Å². The summed E-state index contributed by atoms with van der Waals surface area (Å²) in [7, 11) is 0. The van der Waals surface area contributed by atoms with Crippen molar-refractivity contribution in [2.75, 3.05) is 0 Å². The maximum absolute atomic E-state index is 9.99. The quantitative estimate of drug-likeness (QED) is 0.702. The van der Waals surface area contributed by atoms with Gasteiger partial charge in [-0.15, -0.1) is 11.8 Å². The minimum Gasteiger partial charge on any atom is -0.393 e. The van der Waals surface area contributed by atoms with Crippen molar-refractivity contribution in [2.24, 2.45) is 11.8 Å². The van der Waals surface area contributed by atoms with E-state index in [0.717, 1.165) is 18.8 Å². The molecule has 1 rings (SSSR count). The van der Waals surface area contributed by atoms with Gasteiger partial charge in [-0.2, -0.15) is 0 Å². The molecule has 0 bridgehead atoms. The summed E-state index contributed by atoms with van der Waals surface area (Å²) in [6, 6.07) is 0. The lowest BCUT2D eigenvalue weighted by molar-refractivity contribution is 0.0676. The zero-order valence-corrected chi connectivity index (χ0v) is 10.1. The molecule has 0 heterocycles. The van der Waals surface area contributed by atoms with Gasteiger partial charge in [0.05, 0.1) is 6.10 Å². The standard InChI is InChI=1S/C14H24O/c1-3-5-6-7-14(15)13-10-8-12(4-2)9-11-13/h12-15H,4,6-11H2,1-2H3. The topological polar surface area (TPSA) is 20.2 Å². The molecule has 0 aromatic carbocycles. The van der Waals surface area contributed by atoms with Gasteiger partial charge in [0.1, 0.15) is 0 Å². The fourth-order valence-corrected chi connectivity index (χ4v) is 2.56. The van der Waals surface area contributed by atoms with Crippen LogP contribution in [0.2, 0.25) is 0 Å². The smallest absolute Gasteiger partial charge is 0.0577 e. The first-order valence-corrected chi connectivity index (χ1v) is 6.35. The summed E-state index contributed by atoms with van der Waals surface area (Å²) >= 11 is 0. The van der Waals surface area contributed by atoms with Crippen LogP contribution in [0.25, 0.3) is 0 Å². The molecule has 0 radical (unpaired) electrons. The molecule has 1 aliphatic rings. The van der Waals surface area contributed by atoms with Crippen molar-refractivity contribution in [3.8, 4) is 11.8 Å². The molecule has 0 amide bonds. The van der Waals surface area contributed by atoms with Gasteiger partial charge in [-0.05, 0) is 38.0 Å². The lowest BCUT2D eigenvalue weighted by atomic mass is 9.77. The van der Waals surface area contributed by atoms with Gasteiger partial charge in [-0.1, -0.05) is 26.2 Å². The average Bonchev–Trinajstić information content (AvgIpc) is 2.29. The minimum atomic E-state index is -0.108. The predicted molar refractivity (Wildman–Crippen MR) is 64.4 cm³/mol. The normalized spacial score (nSPS) is 27.9. The Balaban J connectivity index is 2.22. The Morgan fingerprint density at radius 3 is 2.47 bits per heavy atom. The zero-order chi connectivity index (χ0) is 11.1. The predicted octanol–water partition coefficient (Wildman–Crippen LogP) is 3.37. The molecule has 0 aromatic heterocycles. The van der Waals surface area contributed by atoms with E-state index in [2.05, 4.69) is 18.8 Å². The Morgan fingerprint density at radius 2 is 1.93 bits per heavy atom. The number of hydrogen-bond acceptors (Lipinski definition) is 1. The molecule has 1 nitrogen and oxygen atoms in total. The van der Waals surface area contributed by atoms with Crippen LogP contribution >= 0.6 is 0 Å². The van der Waals surface area contributed by atoms with Crippen LogP contribution in [0.15, 0.2) is 0 Å². The van der Waals surface area contributed by atoms with Crippen molar-refractivity contribution in [1.82, 2.24) is 0 Å². The summed E-state index contributed by atoms with van der Waals surface area (Å²) < 4.78 is 0. The van der Waals surface area contributed by atoms with Crippen LogP contribution in [0.4, 0.5) is 0 Å². The lowest BCUT2D eigenvalue weighted by Crippen LogP contribution is -2.25. The molecule has 1 fully saturated rings. The van der Waals surface area contributed by atoms with Gasteiger partial charge in [-0.3, -0.25) is 0 Å². The highest BCUT2D eigenvalue weighted by Gasteiger charge is 2.24. The number of rotatable bonds is 4. The summed E-state index contributed by atoms with van der Waals surface area (Å²) in [5.41, 5.74) is 0. The Kier molecular flexibility index (Phi) is 5.79. The van der Waals surface area contributed by atoms with Gasteiger partial charge in [0, 0.05) is 6.42 Å². The summed E-state index contributed by atoms with van der Waals surface area (Å²) in [6.45, 7) is 4.14. The highest BCUT2D eigenvalue weighted by molar-refractivity contribution is 4.95. The molecular formula is C14H24O. The van der Waals surface area contributed by atoms with Crippen LogP contribution in [0.1, 0.15) is 58.8 Å². The monoisotopic (exact) mass is 208 g/mol. The third-order valence-electron chi connectivity index (χ3n) is 3.75. The van der Waals surface area contributed by atoms with Crippen LogP contribution in [0.5, 0.6) is 0 Å². The lowest BCUT2D eigenvalue weighted by Gasteiger charge is -2.30. The average molecular weight is 208 g/mol. The van der Waals surface area contributed by atoms with Gasteiger partial charge in [0.2, 0.25) is 0 Å². The SMILES string of the molecule is CC#CCCC(O)C1CCC(CC)CC1. The first-order valence-electron chi connectivity index (χ1n) is 6.35. The molecule has 1 atom stereocenters. The Morgan fingerprint density at radius 1 is 1.27 bits per heavy atom. The van der Waals surface area contributed by atoms with Gasteiger partial charge in [0.25, 0.3) is 0 Å².